The molecule has 0 atom stereocenters. The van der Waals surface area contributed by atoms with E-state index in [1.54, 1.807) is 0 Å². The molecule has 0 unspecified atom stereocenters. The van der Waals surface area contributed by atoms with Gasteiger partial charge >= 0.3 is 0 Å². The lowest BCUT2D eigenvalue weighted by Crippen LogP contribution is -2.44. The zero-order chi connectivity index (χ0) is 19.1. The SMILES string of the molecule is CC(C)COc1ccc(C(=O)NC2CCN(Cc3ccccc3)CC2)cc1. The van der Waals surface area contributed by atoms with E-state index in [1.807, 2.05) is 30.3 Å². The molecule has 4 heteroatoms. The fourth-order valence-corrected chi connectivity index (χ4v) is 3.31. The average molecular weight is 367 g/mol. The Labute approximate surface area is 162 Å². The molecule has 0 saturated carbocycles. The molecule has 0 aliphatic carbocycles. The quantitative estimate of drug-likeness (QED) is 0.802. The van der Waals surface area contributed by atoms with Gasteiger partial charge in [0.1, 0.15) is 5.75 Å². The van der Waals surface area contributed by atoms with Crippen molar-refractivity contribution in [3.05, 3.63) is 65.7 Å². The van der Waals surface area contributed by atoms with E-state index < -0.39 is 0 Å². The summed E-state index contributed by atoms with van der Waals surface area (Å²) in [5.41, 5.74) is 2.04. The van der Waals surface area contributed by atoms with Gasteiger partial charge in [0.25, 0.3) is 5.91 Å². The highest BCUT2D eigenvalue weighted by Crippen LogP contribution is 2.16. The minimum absolute atomic E-state index is 0.00641. The minimum Gasteiger partial charge on any atom is -0.493 e. The van der Waals surface area contributed by atoms with Gasteiger partial charge in [-0.3, -0.25) is 9.69 Å². The zero-order valence-electron chi connectivity index (χ0n) is 16.4. The first-order chi connectivity index (χ1) is 13.1. The highest BCUT2D eigenvalue weighted by atomic mass is 16.5. The van der Waals surface area contributed by atoms with E-state index in [9.17, 15) is 4.79 Å². The van der Waals surface area contributed by atoms with E-state index in [-0.39, 0.29) is 11.9 Å². The molecule has 1 fully saturated rings. The van der Waals surface area contributed by atoms with Crippen LogP contribution in [-0.2, 0) is 6.54 Å². The number of nitrogens with zero attached hydrogens (tertiary/aromatic N) is 1. The molecular weight excluding hydrogens is 336 g/mol. The number of likely N-dealkylation sites (tertiary alicyclic amines) is 1. The summed E-state index contributed by atoms with van der Waals surface area (Å²) in [4.78, 5) is 15.0. The summed E-state index contributed by atoms with van der Waals surface area (Å²) in [7, 11) is 0. The molecule has 1 N–H and O–H groups in total. The number of amides is 1. The zero-order valence-corrected chi connectivity index (χ0v) is 16.4. The molecule has 1 heterocycles. The Balaban J connectivity index is 1.43. The van der Waals surface area contributed by atoms with Crippen LogP contribution in [0.5, 0.6) is 5.75 Å². The second kappa shape index (κ2) is 9.56. The van der Waals surface area contributed by atoms with E-state index in [2.05, 4.69) is 48.3 Å². The predicted molar refractivity (Wildman–Crippen MR) is 109 cm³/mol. The lowest BCUT2D eigenvalue weighted by molar-refractivity contribution is 0.0909. The van der Waals surface area contributed by atoms with Gasteiger partial charge in [0.2, 0.25) is 0 Å². The third-order valence-electron chi connectivity index (χ3n) is 4.87. The normalized spacial score (nSPS) is 15.7. The van der Waals surface area contributed by atoms with Gasteiger partial charge in [0.15, 0.2) is 0 Å². The molecule has 1 aliphatic heterocycles. The second-order valence-corrected chi connectivity index (χ2v) is 7.74. The van der Waals surface area contributed by atoms with Crippen molar-refractivity contribution in [2.45, 2.75) is 39.3 Å². The Hall–Kier alpha value is -2.33. The maximum absolute atomic E-state index is 12.5. The van der Waals surface area contributed by atoms with Crippen molar-refractivity contribution in [2.24, 2.45) is 5.92 Å². The third-order valence-corrected chi connectivity index (χ3v) is 4.87. The summed E-state index contributed by atoms with van der Waals surface area (Å²) in [6.07, 6.45) is 1.99. The van der Waals surface area contributed by atoms with Gasteiger partial charge in [-0.05, 0) is 48.6 Å². The van der Waals surface area contributed by atoms with Crippen molar-refractivity contribution < 1.29 is 9.53 Å². The van der Waals surface area contributed by atoms with E-state index in [0.29, 0.717) is 18.1 Å². The third kappa shape index (κ3) is 6.10. The Morgan fingerprint density at radius 1 is 1.07 bits per heavy atom. The number of ether oxygens (including phenoxy) is 1. The first-order valence-corrected chi connectivity index (χ1v) is 9.90. The van der Waals surface area contributed by atoms with Gasteiger partial charge < -0.3 is 10.1 Å². The van der Waals surface area contributed by atoms with Crippen LogP contribution in [0.2, 0.25) is 0 Å². The van der Waals surface area contributed by atoms with Gasteiger partial charge in [-0.25, -0.2) is 0 Å². The molecule has 2 aromatic carbocycles. The van der Waals surface area contributed by atoms with Crippen molar-refractivity contribution in [1.29, 1.82) is 0 Å². The molecule has 1 saturated heterocycles. The summed E-state index contributed by atoms with van der Waals surface area (Å²) in [6, 6.07) is 18.2. The maximum Gasteiger partial charge on any atom is 0.251 e. The molecule has 3 rings (SSSR count). The van der Waals surface area contributed by atoms with E-state index >= 15 is 0 Å². The van der Waals surface area contributed by atoms with Crippen LogP contribution in [0.3, 0.4) is 0 Å². The molecule has 0 radical (unpaired) electrons. The van der Waals surface area contributed by atoms with Crippen LogP contribution >= 0.6 is 0 Å². The maximum atomic E-state index is 12.5. The van der Waals surface area contributed by atoms with Gasteiger partial charge in [-0.2, -0.15) is 0 Å². The summed E-state index contributed by atoms with van der Waals surface area (Å²) < 4.78 is 5.68. The van der Waals surface area contributed by atoms with Crippen LogP contribution in [0, 0.1) is 5.92 Å². The molecule has 1 aliphatic rings. The second-order valence-electron chi connectivity index (χ2n) is 7.74. The molecule has 144 valence electrons. The number of benzene rings is 2. The minimum atomic E-state index is 0.00641. The smallest absolute Gasteiger partial charge is 0.251 e. The van der Waals surface area contributed by atoms with Crippen LogP contribution in [-0.4, -0.2) is 36.5 Å². The molecule has 0 spiro atoms. The number of carbonyl (C=O) groups is 1. The first-order valence-electron chi connectivity index (χ1n) is 9.90. The van der Waals surface area contributed by atoms with Gasteiger partial charge in [-0.1, -0.05) is 44.2 Å². The topological polar surface area (TPSA) is 41.6 Å². The standard InChI is InChI=1S/C23H30N2O2/c1-18(2)17-27-22-10-8-20(9-11-22)23(26)24-21-12-14-25(15-13-21)16-19-6-4-3-5-7-19/h3-11,18,21H,12-17H2,1-2H3,(H,24,26). The summed E-state index contributed by atoms with van der Waals surface area (Å²) in [5, 5.41) is 3.18. The van der Waals surface area contributed by atoms with Crippen LogP contribution in [0.15, 0.2) is 54.6 Å². The number of hydrogen-bond donors (Lipinski definition) is 1. The van der Waals surface area contributed by atoms with Crippen molar-refractivity contribution in [2.75, 3.05) is 19.7 Å². The van der Waals surface area contributed by atoms with Gasteiger partial charge in [-0.15, -0.1) is 0 Å². The lowest BCUT2D eigenvalue weighted by atomic mass is 10.0. The molecular formula is C23H30N2O2. The highest BCUT2D eigenvalue weighted by Gasteiger charge is 2.21. The number of piperidine rings is 1. The Morgan fingerprint density at radius 3 is 2.37 bits per heavy atom. The fraction of sp³-hybridized carbons (Fsp3) is 0.435. The fourth-order valence-electron chi connectivity index (χ4n) is 3.31. The number of rotatable bonds is 7. The molecule has 0 aromatic heterocycles. The largest absolute Gasteiger partial charge is 0.493 e. The van der Waals surface area contributed by atoms with Crippen LogP contribution in [0.4, 0.5) is 0 Å². The number of hydrogen-bond acceptors (Lipinski definition) is 3. The van der Waals surface area contributed by atoms with Crippen molar-refractivity contribution in [3.63, 3.8) is 0 Å². The van der Waals surface area contributed by atoms with Crippen LogP contribution in [0.25, 0.3) is 0 Å². The Morgan fingerprint density at radius 2 is 1.74 bits per heavy atom. The Bertz CT molecular complexity index is 705. The summed E-state index contributed by atoms with van der Waals surface area (Å²) in [6.45, 7) is 7.94. The molecule has 27 heavy (non-hydrogen) atoms. The van der Waals surface area contributed by atoms with E-state index in [4.69, 9.17) is 4.74 Å². The van der Waals surface area contributed by atoms with Crippen LogP contribution < -0.4 is 10.1 Å². The number of carbonyl (C=O) groups excluding carboxylic acids is 1. The van der Waals surface area contributed by atoms with Crippen LogP contribution in [0.1, 0.15) is 42.6 Å². The molecule has 0 bridgehead atoms. The molecule has 2 aromatic rings. The predicted octanol–water partition coefficient (Wildman–Crippen LogP) is 4.12. The van der Waals surface area contributed by atoms with Crippen molar-refractivity contribution in [3.8, 4) is 5.75 Å². The Kier molecular flexibility index (Phi) is 6.88. The molecule has 4 nitrogen and oxygen atoms in total. The van der Waals surface area contributed by atoms with E-state index in [1.165, 1.54) is 5.56 Å². The van der Waals surface area contributed by atoms with Crippen molar-refractivity contribution in [1.82, 2.24) is 10.2 Å². The monoisotopic (exact) mass is 366 g/mol. The summed E-state index contributed by atoms with van der Waals surface area (Å²) >= 11 is 0. The lowest BCUT2D eigenvalue weighted by Gasteiger charge is -2.32. The van der Waals surface area contributed by atoms with Gasteiger partial charge in [0.05, 0.1) is 6.61 Å². The van der Waals surface area contributed by atoms with Gasteiger partial charge in [0, 0.05) is 31.2 Å². The molecule has 1 amide bonds. The number of nitrogens with one attached hydrogen (secondary N) is 1. The highest BCUT2D eigenvalue weighted by molar-refractivity contribution is 5.94. The van der Waals surface area contributed by atoms with Crippen molar-refractivity contribution >= 4 is 5.91 Å². The van der Waals surface area contributed by atoms with E-state index in [0.717, 1.165) is 38.2 Å². The average Bonchev–Trinajstić information content (AvgIpc) is 2.69. The summed E-state index contributed by atoms with van der Waals surface area (Å²) in [5.74, 6) is 1.31. The first kappa shape index (κ1) is 19.4.